The van der Waals surface area contributed by atoms with Crippen molar-refractivity contribution >= 4 is 40.2 Å². The Kier molecular flexibility index (Phi) is 8.53. The van der Waals surface area contributed by atoms with Gasteiger partial charge in [-0.3, -0.25) is 4.90 Å². The van der Waals surface area contributed by atoms with Gasteiger partial charge in [0, 0.05) is 35.2 Å². The lowest BCUT2D eigenvalue weighted by atomic mass is 9.91. The van der Waals surface area contributed by atoms with Gasteiger partial charge in [0.2, 0.25) is 0 Å². The fourth-order valence-corrected chi connectivity index (χ4v) is 6.96. The first kappa shape index (κ1) is 29.4. The summed E-state index contributed by atoms with van der Waals surface area (Å²) in [6.45, 7) is 8.55. The molecule has 5 atom stereocenters. The molecule has 7 nitrogen and oxygen atoms in total. The third-order valence-electron chi connectivity index (χ3n) is 8.52. The summed E-state index contributed by atoms with van der Waals surface area (Å²) in [5.41, 5.74) is 3.10. The molecule has 0 saturated carbocycles. The van der Waals surface area contributed by atoms with Crippen molar-refractivity contribution in [1.82, 2.24) is 24.6 Å². The molecule has 1 aromatic carbocycles. The van der Waals surface area contributed by atoms with Crippen molar-refractivity contribution < 1.29 is 18.3 Å². The van der Waals surface area contributed by atoms with Gasteiger partial charge in [0.15, 0.2) is 5.65 Å². The largest absolute Gasteiger partial charge is 0.414 e. The zero-order valence-electron chi connectivity index (χ0n) is 22.9. The van der Waals surface area contributed by atoms with E-state index in [0.29, 0.717) is 22.1 Å². The predicted octanol–water partition coefficient (Wildman–Crippen LogP) is 6.43. The minimum atomic E-state index is -4.56. The Morgan fingerprint density at radius 3 is 2.65 bits per heavy atom. The van der Waals surface area contributed by atoms with E-state index in [1.807, 2.05) is 30.7 Å². The number of halogens is 5. The van der Waals surface area contributed by atoms with Crippen molar-refractivity contribution in [3.63, 3.8) is 0 Å². The predicted molar refractivity (Wildman–Crippen MR) is 151 cm³/mol. The molecule has 2 aliphatic heterocycles. The molecule has 5 unspecified atom stereocenters. The topological polar surface area (TPSA) is 70.3 Å². The maximum atomic E-state index is 12.8. The van der Waals surface area contributed by atoms with Crippen LogP contribution in [-0.4, -0.2) is 73.8 Å². The minimum Gasteiger partial charge on any atom is -0.384 e. The molecule has 5 rings (SSSR count). The minimum absolute atomic E-state index is 0.0747. The highest BCUT2D eigenvalue weighted by atomic mass is 35.5. The van der Waals surface area contributed by atoms with Crippen LogP contribution in [-0.2, 0) is 0 Å². The van der Waals surface area contributed by atoms with E-state index in [0.717, 1.165) is 61.5 Å². The molecule has 0 spiro atoms. The molecule has 2 fully saturated rings. The number of rotatable bonds is 7. The number of anilines is 1. The van der Waals surface area contributed by atoms with Crippen LogP contribution < -0.4 is 4.90 Å². The maximum absolute atomic E-state index is 12.8. The van der Waals surface area contributed by atoms with Crippen LogP contribution in [0.4, 0.5) is 19.0 Å². The number of benzene rings is 1. The lowest BCUT2D eigenvalue weighted by Gasteiger charge is -2.44. The molecular formula is C28H35Cl2F3N6O. The molecule has 40 heavy (non-hydrogen) atoms. The summed E-state index contributed by atoms with van der Waals surface area (Å²) in [6.07, 6.45) is -2.18. The smallest absolute Gasteiger partial charge is 0.384 e. The second-order valence-corrected chi connectivity index (χ2v) is 12.1. The van der Waals surface area contributed by atoms with Crippen molar-refractivity contribution in [2.45, 2.75) is 83.3 Å². The van der Waals surface area contributed by atoms with Gasteiger partial charge in [0.25, 0.3) is 0 Å². The second-order valence-electron chi connectivity index (χ2n) is 11.2. The number of nitrogens with zero attached hydrogens (tertiary/aromatic N) is 6. The molecular weight excluding hydrogens is 564 g/mol. The van der Waals surface area contributed by atoms with Gasteiger partial charge in [0.05, 0.1) is 17.9 Å². The average Bonchev–Trinajstić information content (AvgIpc) is 3.50. The zero-order valence-corrected chi connectivity index (χ0v) is 24.4. The van der Waals surface area contributed by atoms with E-state index < -0.39 is 12.3 Å². The fraction of sp³-hybridized carbons (Fsp3) is 0.607. The Hall–Kier alpha value is -2.14. The van der Waals surface area contributed by atoms with Crippen molar-refractivity contribution in [3.8, 4) is 0 Å². The first-order chi connectivity index (χ1) is 18.9. The van der Waals surface area contributed by atoms with Crippen LogP contribution in [0.3, 0.4) is 0 Å². The number of piperidine rings is 1. The van der Waals surface area contributed by atoms with Crippen LogP contribution in [0.5, 0.6) is 0 Å². The summed E-state index contributed by atoms with van der Waals surface area (Å²) in [5, 5.41) is 15.4. The summed E-state index contributed by atoms with van der Waals surface area (Å²) in [6, 6.07) is 5.60. The van der Waals surface area contributed by atoms with Gasteiger partial charge < -0.3 is 10.0 Å². The van der Waals surface area contributed by atoms with E-state index in [2.05, 4.69) is 16.7 Å². The van der Waals surface area contributed by atoms with E-state index in [1.165, 1.54) is 0 Å². The molecule has 4 heterocycles. The van der Waals surface area contributed by atoms with Crippen LogP contribution in [0, 0.1) is 12.8 Å². The second kappa shape index (κ2) is 11.6. The standard InChI is InChI=1S/C28H35Cl2F3N6O/c1-16-15-37(12-10-23(16)38-11-4-5-20(38)7-9-24(40)28(31,32)33)25-14-34-26-17(2)36-39(27(26)35-25)18(3)21-8-6-19(29)13-22(21)30/h6,8,13-14,16,18,20,23-24,40H,4-5,7,9-12,15H2,1-3H3. The van der Waals surface area contributed by atoms with Gasteiger partial charge in [-0.25, -0.2) is 14.6 Å². The first-order valence-corrected chi connectivity index (χ1v) is 14.6. The van der Waals surface area contributed by atoms with Gasteiger partial charge in [-0.1, -0.05) is 36.2 Å². The van der Waals surface area contributed by atoms with Gasteiger partial charge in [0.1, 0.15) is 17.4 Å². The molecule has 3 aromatic rings. The normalized spacial score (nSPS) is 24.1. The van der Waals surface area contributed by atoms with Crippen molar-refractivity contribution in [2.75, 3.05) is 24.5 Å². The number of fused-ring (bicyclic) bond motifs is 1. The molecule has 1 N–H and O–H groups in total. The van der Waals surface area contributed by atoms with E-state index in [-0.39, 0.29) is 30.5 Å². The number of aromatic nitrogens is 4. The third-order valence-corrected chi connectivity index (χ3v) is 9.08. The van der Waals surface area contributed by atoms with Crippen molar-refractivity contribution in [1.29, 1.82) is 0 Å². The van der Waals surface area contributed by atoms with Crippen LogP contribution in [0.1, 0.15) is 63.3 Å². The van der Waals surface area contributed by atoms with Crippen LogP contribution in [0.15, 0.2) is 24.4 Å². The van der Waals surface area contributed by atoms with Crippen LogP contribution in [0.25, 0.3) is 11.2 Å². The summed E-state index contributed by atoms with van der Waals surface area (Å²) < 4.78 is 40.4. The number of aliphatic hydroxyl groups excluding tert-OH is 1. The van der Waals surface area contributed by atoms with Crippen LogP contribution in [0.2, 0.25) is 10.0 Å². The molecule has 0 bridgehead atoms. The molecule has 218 valence electrons. The number of aliphatic hydroxyl groups is 1. The summed E-state index contributed by atoms with van der Waals surface area (Å²) in [4.78, 5) is 14.3. The lowest BCUT2D eigenvalue weighted by molar-refractivity contribution is -0.206. The SMILES string of the molecule is Cc1nn(C(C)c2ccc(Cl)cc2Cl)c2nc(N3CCC(N4CCCC4CCC(O)C(F)(F)F)C(C)C3)cnc12. The first-order valence-electron chi connectivity index (χ1n) is 13.9. The Morgan fingerprint density at radius 2 is 1.95 bits per heavy atom. The third kappa shape index (κ3) is 5.91. The molecule has 2 aliphatic rings. The Morgan fingerprint density at radius 1 is 1.18 bits per heavy atom. The number of hydrogen-bond acceptors (Lipinski definition) is 6. The van der Waals surface area contributed by atoms with Gasteiger partial charge in [-0.05, 0) is 76.1 Å². The lowest BCUT2D eigenvalue weighted by Crippen LogP contribution is -2.52. The number of alkyl halides is 3. The van der Waals surface area contributed by atoms with E-state index in [1.54, 1.807) is 12.3 Å². The summed E-state index contributed by atoms with van der Waals surface area (Å²) in [7, 11) is 0. The zero-order chi connectivity index (χ0) is 28.8. The number of likely N-dealkylation sites (tertiary alicyclic amines) is 1. The number of aryl methyl sites for hydroxylation is 1. The maximum Gasteiger partial charge on any atom is 0.414 e. The number of hydrogen-bond donors (Lipinski definition) is 1. The molecule has 12 heteroatoms. The molecule has 2 aromatic heterocycles. The van der Waals surface area contributed by atoms with E-state index in [4.69, 9.17) is 38.3 Å². The van der Waals surface area contributed by atoms with Crippen LogP contribution >= 0.6 is 23.2 Å². The van der Waals surface area contributed by atoms with Gasteiger partial charge >= 0.3 is 6.18 Å². The Bertz CT molecular complexity index is 1350. The monoisotopic (exact) mass is 598 g/mol. The highest BCUT2D eigenvalue weighted by Gasteiger charge is 2.41. The quantitative estimate of drug-likeness (QED) is 0.338. The Labute approximate surface area is 242 Å². The van der Waals surface area contributed by atoms with Crippen molar-refractivity contribution in [2.24, 2.45) is 5.92 Å². The van der Waals surface area contributed by atoms with E-state index >= 15 is 0 Å². The molecule has 0 radical (unpaired) electrons. The van der Waals surface area contributed by atoms with Crippen molar-refractivity contribution in [3.05, 3.63) is 45.7 Å². The molecule has 0 amide bonds. The molecule has 2 saturated heterocycles. The fourth-order valence-electron chi connectivity index (χ4n) is 6.39. The van der Waals surface area contributed by atoms with Gasteiger partial charge in [-0.15, -0.1) is 0 Å². The van der Waals surface area contributed by atoms with Gasteiger partial charge in [-0.2, -0.15) is 18.3 Å². The average molecular weight is 600 g/mol. The summed E-state index contributed by atoms with van der Waals surface area (Å²) >= 11 is 12.6. The highest BCUT2D eigenvalue weighted by molar-refractivity contribution is 6.35. The van der Waals surface area contributed by atoms with E-state index in [9.17, 15) is 18.3 Å². The Balaban J connectivity index is 1.31. The highest BCUT2D eigenvalue weighted by Crippen LogP contribution is 2.35. The summed E-state index contributed by atoms with van der Waals surface area (Å²) in [5.74, 6) is 1.07. The molecule has 0 aliphatic carbocycles.